The van der Waals surface area contributed by atoms with E-state index in [0.29, 0.717) is 49.5 Å². The predicted octanol–water partition coefficient (Wildman–Crippen LogP) is 4.39. The first-order valence-corrected chi connectivity index (χ1v) is 12.6. The van der Waals surface area contributed by atoms with Gasteiger partial charge in [0.15, 0.2) is 11.2 Å². The van der Waals surface area contributed by atoms with E-state index in [-0.39, 0.29) is 28.7 Å². The van der Waals surface area contributed by atoms with Crippen molar-refractivity contribution in [3.8, 4) is 11.1 Å². The van der Waals surface area contributed by atoms with Crippen LogP contribution in [0, 0.1) is 5.82 Å². The summed E-state index contributed by atoms with van der Waals surface area (Å²) in [7, 11) is 0. The summed E-state index contributed by atoms with van der Waals surface area (Å²) in [5, 5.41) is 8.08. The van der Waals surface area contributed by atoms with Crippen molar-refractivity contribution in [2.45, 2.75) is 25.3 Å². The number of benzene rings is 3. The Bertz CT molecular complexity index is 1640. The molecular weight excluding hydrogens is 483 g/mol. The Morgan fingerprint density at radius 2 is 1.61 bits per heavy atom. The van der Waals surface area contributed by atoms with Crippen LogP contribution in [0.15, 0.2) is 83.7 Å². The van der Waals surface area contributed by atoms with Gasteiger partial charge in [-0.3, -0.25) is 9.59 Å². The highest BCUT2D eigenvalue weighted by atomic mass is 19.1. The van der Waals surface area contributed by atoms with Crippen molar-refractivity contribution in [2.75, 3.05) is 13.1 Å². The van der Waals surface area contributed by atoms with Gasteiger partial charge in [0.1, 0.15) is 11.6 Å². The number of aromatic amines is 1. The summed E-state index contributed by atoms with van der Waals surface area (Å²) in [6.07, 6.45) is 1.36. The lowest BCUT2D eigenvalue weighted by Crippen LogP contribution is -2.38. The molecule has 1 N–H and O–H groups in total. The van der Waals surface area contributed by atoms with E-state index in [1.165, 1.54) is 12.1 Å². The molecule has 0 radical (unpaired) electrons. The van der Waals surface area contributed by atoms with Crippen LogP contribution in [0.1, 0.15) is 40.5 Å². The molecule has 1 amide bonds. The van der Waals surface area contributed by atoms with E-state index in [9.17, 15) is 14.0 Å². The van der Waals surface area contributed by atoms with Gasteiger partial charge in [0.2, 0.25) is 0 Å². The maximum atomic E-state index is 13.3. The highest BCUT2D eigenvalue weighted by Gasteiger charge is 2.27. The summed E-state index contributed by atoms with van der Waals surface area (Å²) in [5.74, 6) is 0.264. The van der Waals surface area contributed by atoms with Crippen LogP contribution in [-0.4, -0.2) is 48.9 Å². The maximum absolute atomic E-state index is 13.3. The average Bonchev–Trinajstić information content (AvgIpc) is 3.37. The summed E-state index contributed by atoms with van der Waals surface area (Å²) >= 11 is 0. The number of hydrogen-bond acceptors (Lipinski definition) is 5. The molecule has 3 heterocycles. The molecule has 190 valence electrons. The van der Waals surface area contributed by atoms with Gasteiger partial charge in [0, 0.05) is 24.6 Å². The van der Waals surface area contributed by atoms with Crippen molar-refractivity contribution in [1.29, 1.82) is 0 Å². The fourth-order valence-electron chi connectivity index (χ4n) is 4.92. The molecule has 0 spiro atoms. The molecular formula is C29H25FN6O2. The number of rotatable bonds is 5. The Kier molecular flexibility index (Phi) is 6.25. The number of nitrogens with one attached hydrogen (secondary N) is 1. The van der Waals surface area contributed by atoms with Crippen LogP contribution in [0.5, 0.6) is 0 Å². The van der Waals surface area contributed by atoms with E-state index in [2.05, 4.69) is 15.3 Å². The number of carbonyl (C=O) groups is 1. The predicted molar refractivity (Wildman–Crippen MR) is 141 cm³/mol. The normalized spacial score (nSPS) is 14.2. The highest BCUT2D eigenvalue weighted by molar-refractivity contribution is 5.94. The molecule has 0 aliphatic carbocycles. The molecule has 38 heavy (non-hydrogen) atoms. The van der Waals surface area contributed by atoms with E-state index in [1.54, 1.807) is 16.8 Å². The molecule has 1 saturated heterocycles. The minimum absolute atomic E-state index is 0.00143. The quantitative estimate of drug-likeness (QED) is 0.380. The van der Waals surface area contributed by atoms with Crippen molar-refractivity contribution in [3.63, 3.8) is 0 Å². The van der Waals surface area contributed by atoms with Gasteiger partial charge in [0.25, 0.3) is 11.5 Å². The molecule has 0 atom stereocenters. The molecule has 0 unspecified atom stereocenters. The number of amides is 1. The number of halogens is 1. The molecule has 2 aromatic heterocycles. The van der Waals surface area contributed by atoms with Crippen LogP contribution >= 0.6 is 0 Å². The Hall–Kier alpha value is -4.66. The zero-order valence-electron chi connectivity index (χ0n) is 20.5. The molecule has 9 heteroatoms. The molecule has 6 rings (SSSR count). The van der Waals surface area contributed by atoms with Gasteiger partial charge in [-0.25, -0.2) is 14.1 Å². The third kappa shape index (κ3) is 4.70. The number of likely N-dealkylation sites (tertiary alicyclic amines) is 1. The topological polar surface area (TPSA) is 96.8 Å². The lowest BCUT2D eigenvalue weighted by atomic mass is 9.95. The van der Waals surface area contributed by atoms with Gasteiger partial charge in [0.05, 0.1) is 6.54 Å². The van der Waals surface area contributed by atoms with E-state index in [1.807, 2.05) is 59.5 Å². The lowest BCUT2D eigenvalue weighted by Gasteiger charge is -2.31. The molecule has 1 aliphatic rings. The zero-order chi connectivity index (χ0) is 26.1. The molecule has 1 fully saturated rings. The Labute approximate surface area is 217 Å². The van der Waals surface area contributed by atoms with Crippen LogP contribution in [0.25, 0.3) is 22.3 Å². The van der Waals surface area contributed by atoms with Crippen LogP contribution in [-0.2, 0) is 6.54 Å². The van der Waals surface area contributed by atoms with E-state index >= 15 is 0 Å². The minimum Gasteiger partial charge on any atom is -0.339 e. The van der Waals surface area contributed by atoms with Crippen molar-refractivity contribution in [1.82, 2.24) is 29.9 Å². The first kappa shape index (κ1) is 23.7. The van der Waals surface area contributed by atoms with Crippen LogP contribution < -0.4 is 5.56 Å². The lowest BCUT2D eigenvalue weighted by molar-refractivity contribution is 0.0711. The number of carbonyl (C=O) groups excluding carboxylic acids is 1. The first-order valence-electron chi connectivity index (χ1n) is 12.6. The summed E-state index contributed by atoms with van der Waals surface area (Å²) in [6, 6.07) is 23.8. The number of piperidine rings is 1. The Morgan fingerprint density at radius 3 is 2.32 bits per heavy atom. The van der Waals surface area contributed by atoms with Gasteiger partial charge in [-0.2, -0.15) is 0 Å². The van der Waals surface area contributed by atoms with Gasteiger partial charge in [-0.1, -0.05) is 59.8 Å². The van der Waals surface area contributed by atoms with Gasteiger partial charge in [-0.05, 0) is 53.8 Å². The molecule has 0 bridgehead atoms. The van der Waals surface area contributed by atoms with Crippen LogP contribution in [0.4, 0.5) is 4.39 Å². The standard InChI is InChI=1S/C29H25FN6O2/c30-24-12-6-19(7-13-24)18-36-27-25(33-34-36)28(37)32-26(31-27)22-14-16-35(17-15-22)29(38)23-10-8-21(9-11-23)20-4-2-1-3-5-20/h1-13,22H,14-18H2,(H,31,32,37). The second kappa shape index (κ2) is 10.0. The minimum atomic E-state index is -0.340. The van der Waals surface area contributed by atoms with Gasteiger partial charge >= 0.3 is 0 Å². The van der Waals surface area contributed by atoms with Crippen molar-refractivity contribution < 1.29 is 9.18 Å². The second-order valence-electron chi connectivity index (χ2n) is 9.51. The number of H-pyrrole nitrogens is 1. The number of nitrogens with zero attached hydrogens (tertiary/aromatic N) is 5. The van der Waals surface area contributed by atoms with Gasteiger partial charge < -0.3 is 9.88 Å². The van der Waals surface area contributed by atoms with Crippen LogP contribution in [0.3, 0.4) is 0 Å². The van der Waals surface area contributed by atoms with Crippen molar-refractivity contribution in [2.24, 2.45) is 0 Å². The largest absolute Gasteiger partial charge is 0.339 e. The number of hydrogen-bond donors (Lipinski definition) is 1. The van der Waals surface area contributed by atoms with Crippen LogP contribution in [0.2, 0.25) is 0 Å². The first-order chi connectivity index (χ1) is 18.5. The monoisotopic (exact) mass is 508 g/mol. The van der Waals surface area contributed by atoms with Crippen molar-refractivity contribution >= 4 is 17.1 Å². The molecule has 8 nitrogen and oxygen atoms in total. The average molecular weight is 509 g/mol. The molecule has 5 aromatic rings. The van der Waals surface area contributed by atoms with E-state index in [0.717, 1.165) is 16.7 Å². The number of aromatic nitrogens is 5. The molecule has 0 saturated carbocycles. The summed E-state index contributed by atoms with van der Waals surface area (Å²) in [5.41, 5.74) is 3.89. The molecule has 3 aromatic carbocycles. The summed E-state index contributed by atoms with van der Waals surface area (Å²) < 4.78 is 14.8. The van der Waals surface area contributed by atoms with E-state index < -0.39 is 0 Å². The number of fused-ring (bicyclic) bond motifs is 1. The Morgan fingerprint density at radius 1 is 0.921 bits per heavy atom. The highest BCUT2D eigenvalue weighted by Crippen LogP contribution is 2.27. The van der Waals surface area contributed by atoms with E-state index in [4.69, 9.17) is 4.98 Å². The zero-order valence-corrected chi connectivity index (χ0v) is 20.5. The fraction of sp³-hybridized carbons (Fsp3) is 0.207. The SMILES string of the molecule is O=C(c1ccc(-c2ccccc2)cc1)N1CCC(c2nc3c(nnn3Cc3ccc(F)cc3)c(=O)[nH]2)CC1. The third-order valence-corrected chi connectivity index (χ3v) is 7.05. The van der Waals surface area contributed by atoms with Crippen molar-refractivity contribution in [3.05, 3.63) is 112 Å². The summed E-state index contributed by atoms with van der Waals surface area (Å²) in [6.45, 7) is 1.46. The summed E-state index contributed by atoms with van der Waals surface area (Å²) in [4.78, 5) is 35.3. The maximum Gasteiger partial charge on any atom is 0.281 e. The second-order valence-corrected chi connectivity index (χ2v) is 9.51. The third-order valence-electron chi connectivity index (χ3n) is 7.05. The van der Waals surface area contributed by atoms with Gasteiger partial charge in [-0.15, -0.1) is 5.10 Å². The Balaban J connectivity index is 1.15. The fourth-order valence-corrected chi connectivity index (χ4v) is 4.92. The smallest absolute Gasteiger partial charge is 0.281 e. The molecule has 1 aliphatic heterocycles.